The Hall–Kier alpha value is -0.680. The zero-order chi connectivity index (χ0) is 14.6. The van der Waals surface area contributed by atoms with Crippen LogP contribution in [0.3, 0.4) is 0 Å². The van der Waals surface area contributed by atoms with E-state index in [9.17, 15) is 5.11 Å². The predicted octanol–water partition coefficient (Wildman–Crippen LogP) is 1.33. The minimum absolute atomic E-state index is 0.108. The number of nitrogens with zero attached hydrogens (tertiary/aromatic N) is 1. The highest BCUT2D eigenvalue weighted by atomic mass is 16.3. The van der Waals surface area contributed by atoms with Gasteiger partial charge in [-0.15, -0.1) is 13.2 Å². The van der Waals surface area contributed by atoms with Crippen LogP contribution >= 0.6 is 0 Å². The van der Waals surface area contributed by atoms with Crippen LogP contribution in [0.25, 0.3) is 0 Å². The van der Waals surface area contributed by atoms with E-state index in [0.29, 0.717) is 19.3 Å². The van der Waals surface area contributed by atoms with Crippen molar-refractivity contribution in [3.05, 3.63) is 25.3 Å². The molecule has 0 saturated carbocycles. The summed E-state index contributed by atoms with van der Waals surface area (Å²) >= 11 is 0. The van der Waals surface area contributed by atoms with Crippen molar-refractivity contribution in [2.24, 2.45) is 0 Å². The number of rotatable bonds is 13. The first-order valence-corrected chi connectivity index (χ1v) is 7.00. The molecule has 3 N–H and O–H groups in total. The van der Waals surface area contributed by atoms with Crippen LogP contribution in [0.1, 0.15) is 32.1 Å². The van der Waals surface area contributed by atoms with Gasteiger partial charge in [0, 0.05) is 38.4 Å². The minimum atomic E-state index is -0.206. The fourth-order valence-corrected chi connectivity index (χ4v) is 2.56. The van der Waals surface area contributed by atoms with E-state index < -0.39 is 0 Å². The van der Waals surface area contributed by atoms with Crippen LogP contribution in [0.2, 0.25) is 0 Å². The molecule has 19 heavy (non-hydrogen) atoms. The van der Waals surface area contributed by atoms with Crippen LogP contribution in [-0.4, -0.2) is 58.7 Å². The Morgan fingerprint density at radius 2 is 1.32 bits per heavy atom. The van der Waals surface area contributed by atoms with Crippen molar-refractivity contribution in [1.29, 1.82) is 0 Å². The van der Waals surface area contributed by atoms with Crippen molar-refractivity contribution in [2.75, 3.05) is 32.9 Å². The lowest BCUT2D eigenvalue weighted by Crippen LogP contribution is -2.50. The number of hydrogen-bond donors (Lipinski definition) is 3. The van der Waals surface area contributed by atoms with Crippen LogP contribution in [0.5, 0.6) is 0 Å². The smallest absolute Gasteiger partial charge is 0.0448 e. The highest BCUT2D eigenvalue weighted by Crippen LogP contribution is 2.29. The van der Waals surface area contributed by atoms with Gasteiger partial charge in [-0.05, 0) is 32.1 Å². The summed E-state index contributed by atoms with van der Waals surface area (Å²) in [5.41, 5.74) is -0.206. The number of aliphatic hydroxyl groups excluding tert-OH is 3. The summed E-state index contributed by atoms with van der Waals surface area (Å²) in [4.78, 5) is 2.25. The zero-order valence-electron chi connectivity index (χ0n) is 11.9. The first kappa shape index (κ1) is 18.3. The molecule has 0 aliphatic rings. The topological polar surface area (TPSA) is 63.9 Å². The molecular weight excluding hydrogens is 242 g/mol. The second-order valence-electron chi connectivity index (χ2n) is 4.82. The summed E-state index contributed by atoms with van der Waals surface area (Å²) in [6.07, 6.45) is 7.27. The lowest BCUT2D eigenvalue weighted by molar-refractivity contribution is 0.0518. The third-order valence-corrected chi connectivity index (χ3v) is 3.47. The van der Waals surface area contributed by atoms with Gasteiger partial charge in [0.2, 0.25) is 0 Å². The standard InChI is InChI=1S/C15H29NO3/c1-3-7-15(8-4-2,9-14-19)16(10-5-12-17)11-6-13-18/h3-4,17-19H,1-2,5-14H2. The van der Waals surface area contributed by atoms with E-state index in [4.69, 9.17) is 10.2 Å². The molecule has 0 aromatic carbocycles. The summed E-state index contributed by atoms with van der Waals surface area (Å²) in [5, 5.41) is 27.4. The molecule has 0 radical (unpaired) electrons. The fraction of sp³-hybridized carbons (Fsp3) is 0.733. The van der Waals surface area contributed by atoms with Crippen molar-refractivity contribution in [3.8, 4) is 0 Å². The summed E-state index contributed by atoms with van der Waals surface area (Å²) in [7, 11) is 0. The van der Waals surface area contributed by atoms with Crippen LogP contribution in [0.15, 0.2) is 25.3 Å². The second kappa shape index (κ2) is 11.2. The normalized spacial score (nSPS) is 11.8. The summed E-state index contributed by atoms with van der Waals surface area (Å²) < 4.78 is 0. The van der Waals surface area contributed by atoms with E-state index in [1.165, 1.54) is 0 Å². The lowest BCUT2D eigenvalue weighted by atomic mass is 9.85. The van der Waals surface area contributed by atoms with Crippen molar-refractivity contribution >= 4 is 0 Å². The van der Waals surface area contributed by atoms with Crippen LogP contribution < -0.4 is 0 Å². The highest BCUT2D eigenvalue weighted by Gasteiger charge is 2.33. The average Bonchev–Trinajstić information content (AvgIpc) is 2.39. The molecule has 0 saturated heterocycles. The van der Waals surface area contributed by atoms with E-state index in [-0.39, 0.29) is 25.4 Å². The molecule has 4 heteroatoms. The summed E-state index contributed by atoms with van der Waals surface area (Å²) in [6, 6.07) is 0. The second-order valence-corrected chi connectivity index (χ2v) is 4.82. The SMILES string of the molecule is C=CCC(CC=C)(CCO)N(CCCO)CCCO. The van der Waals surface area contributed by atoms with E-state index in [2.05, 4.69) is 18.1 Å². The van der Waals surface area contributed by atoms with Gasteiger partial charge >= 0.3 is 0 Å². The monoisotopic (exact) mass is 271 g/mol. The Kier molecular flexibility index (Phi) is 10.8. The molecule has 0 fully saturated rings. The van der Waals surface area contributed by atoms with E-state index in [1.807, 2.05) is 12.2 Å². The maximum absolute atomic E-state index is 9.36. The molecule has 0 rings (SSSR count). The summed E-state index contributed by atoms with van der Waals surface area (Å²) in [6.45, 7) is 9.52. The maximum atomic E-state index is 9.36. The maximum Gasteiger partial charge on any atom is 0.0448 e. The molecule has 0 aliphatic heterocycles. The first-order chi connectivity index (χ1) is 9.20. The molecule has 0 atom stereocenters. The van der Waals surface area contributed by atoms with Crippen molar-refractivity contribution in [2.45, 2.75) is 37.6 Å². The van der Waals surface area contributed by atoms with Crippen LogP contribution in [-0.2, 0) is 0 Å². The molecule has 0 aromatic heterocycles. The molecule has 0 unspecified atom stereocenters. The quantitative estimate of drug-likeness (QED) is 0.442. The number of hydrogen-bond acceptors (Lipinski definition) is 4. The molecule has 0 spiro atoms. The van der Waals surface area contributed by atoms with Gasteiger partial charge in [-0.3, -0.25) is 4.90 Å². The molecular formula is C15H29NO3. The molecule has 4 nitrogen and oxygen atoms in total. The van der Waals surface area contributed by atoms with Gasteiger partial charge in [0.1, 0.15) is 0 Å². The van der Waals surface area contributed by atoms with Gasteiger partial charge in [-0.1, -0.05) is 12.2 Å². The molecule has 0 aromatic rings. The van der Waals surface area contributed by atoms with Gasteiger partial charge < -0.3 is 15.3 Å². The van der Waals surface area contributed by atoms with Crippen molar-refractivity contribution in [1.82, 2.24) is 4.90 Å². The van der Waals surface area contributed by atoms with Gasteiger partial charge in [-0.2, -0.15) is 0 Å². The first-order valence-electron chi connectivity index (χ1n) is 7.00. The third-order valence-electron chi connectivity index (χ3n) is 3.47. The Morgan fingerprint density at radius 3 is 1.63 bits per heavy atom. The largest absolute Gasteiger partial charge is 0.396 e. The summed E-state index contributed by atoms with van der Waals surface area (Å²) in [5.74, 6) is 0. The van der Waals surface area contributed by atoms with Crippen molar-refractivity contribution in [3.63, 3.8) is 0 Å². The van der Waals surface area contributed by atoms with E-state index in [1.54, 1.807) is 0 Å². The van der Waals surface area contributed by atoms with Crippen molar-refractivity contribution < 1.29 is 15.3 Å². The molecule has 0 bridgehead atoms. The van der Waals surface area contributed by atoms with E-state index in [0.717, 1.165) is 25.9 Å². The predicted molar refractivity (Wildman–Crippen MR) is 79.0 cm³/mol. The Balaban J connectivity index is 5.01. The third kappa shape index (κ3) is 6.34. The lowest BCUT2D eigenvalue weighted by Gasteiger charge is -2.43. The van der Waals surface area contributed by atoms with Gasteiger partial charge in [0.25, 0.3) is 0 Å². The van der Waals surface area contributed by atoms with Gasteiger partial charge in [0.05, 0.1) is 0 Å². The molecule has 0 amide bonds. The number of aliphatic hydroxyl groups is 3. The average molecular weight is 271 g/mol. The van der Waals surface area contributed by atoms with Gasteiger partial charge in [-0.25, -0.2) is 0 Å². The molecule has 0 aliphatic carbocycles. The highest BCUT2D eigenvalue weighted by molar-refractivity contribution is 5.00. The Morgan fingerprint density at radius 1 is 0.842 bits per heavy atom. The van der Waals surface area contributed by atoms with Gasteiger partial charge in [0.15, 0.2) is 0 Å². The minimum Gasteiger partial charge on any atom is -0.396 e. The fourth-order valence-electron chi connectivity index (χ4n) is 2.56. The van der Waals surface area contributed by atoms with E-state index >= 15 is 0 Å². The molecule has 112 valence electrons. The Bertz CT molecular complexity index is 226. The Labute approximate surface area is 117 Å². The van der Waals surface area contributed by atoms with Crippen LogP contribution in [0, 0.1) is 0 Å². The van der Waals surface area contributed by atoms with Crippen LogP contribution in [0.4, 0.5) is 0 Å². The molecule has 0 heterocycles. The zero-order valence-corrected chi connectivity index (χ0v) is 11.9.